The van der Waals surface area contributed by atoms with Gasteiger partial charge in [-0.05, 0) is 25.7 Å². The average molecular weight is 159 g/mol. The van der Waals surface area contributed by atoms with Crippen molar-refractivity contribution in [2.45, 2.75) is 44.4 Å². The lowest BCUT2D eigenvalue weighted by atomic mass is 9.74. The first kappa shape index (κ1) is 8.97. The van der Waals surface area contributed by atoms with E-state index in [0.717, 1.165) is 0 Å². The van der Waals surface area contributed by atoms with Gasteiger partial charge in [-0.3, -0.25) is 0 Å². The van der Waals surface area contributed by atoms with Gasteiger partial charge in [-0.25, -0.2) is 0 Å². The number of nitrogens with two attached hydrogens (primary N) is 1. The minimum Gasteiger partial charge on any atom is -0.393 e. The summed E-state index contributed by atoms with van der Waals surface area (Å²) in [5, 5.41) is 18.9. The van der Waals surface area contributed by atoms with E-state index in [4.69, 9.17) is 5.73 Å². The van der Waals surface area contributed by atoms with E-state index in [1.54, 1.807) is 6.92 Å². The maximum absolute atomic E-state index is 9.59. The van der Waals surface area contributed by atoms with Crippen molar-refractivity contribution < 1.29 is 10.2 Å². The molecule has 0 heterocycles. The molecule has 0 aromatic carbocycles. The van der Waals surface area contributed by atoms with Gasteiger partial charge < -0.3 is 15.9 Å². The molecule has 66 valence electrons. The Labute approximate surface area is 67.2 Å². The normalized spacial score (nSPS) is 52.6. The van der Waals surface area contributed by atoms with Gasteiger partial charge in [0.25, 0.3) is 0 Å². The Morgan fingerprint density at radius 1 is 1.45 bits per heavy atom. The van der Waals surface area contributed by atoms with Crippen molar-refractivity contribution in [3.63, 3.8) is 0 Å². The molecule has 1 aliphatic carbocycles. The molecular weight excluding hydrogens is 142 g/mol. The maximum Gasteiger partial charge on any atom is 0.0744 e. The van der Waals surface area contributed by atoms with Crippen molar-refractivity contribution in [2.75, 3.05) is 0 Å². The van der Waals surface area contributed by atoms with Crippen LogP contribution in [0, 0.1) is 5.92 Å². The summed E-state index contributed by atoms with van der Waals surface area (Å²) in [6.45, 7) is 3.70. The topological polar surface area (TPSA) is 66.5 Å². The molecule has 3 heteroatoms. The predicted molar refractivity (Wildman–Crippen MR) is 43.0 cm³/mol. The molecule has 0 amide bonds. The van der Waals surface area contributed by atoms with E-state index in [2.05, 4.69) is 0 Å². The van der Waals surface area contributed by atoms with Crippen molar-refractivity contribution in [3.05, 3.63) is 0 Å². The van der Waals surface area contributed by atoms with Crippen molar-refractivity contribution in [2.24, 2.45) is 11.7 Å². The Hall–Kier alpha value is -0.120. The fourth-order valence-electron chi connectivity index (χ4n) is 1.92. The van der Waals surface area contributed by atoms with Crippen LogP contribution in [-0.2, 0) is 0 Å². The van der Waals surface area contributed by atoms with Crippen LogP contribution in [0.25, 0.3) is 0 Å². The van der Waals surface area contributed by atoms with Gasteiger partial charge in [-0.15, -0.1) is 0 Å². The fraction of sp³-hybridized carbons (Fsp3) is 1.00. The average Bonchev–Trinajstić information content (AvgIpc) is 1.81. The molecule has 4 N–H and O–H groups in total. The zero-order valence-electron chi connectivity index (χ0n) is 7.12. The van der Waals surface area contributed by atoms with Gasteiger partial charge in [-0.1, -0.05) is 6.92 Å². The molecule has 1 aliphatic rings. The van der Waals surface area contributed by atoms with Crippen LogP contribution in [0.5, 0.6) is 0 Å². The fourth-order valence-corrected chi connectivity index (χ4v) is 1.92. The molecule has 11 heavy (non-hydrogen) atoms. The lowest BCUT2D eigenvalue weighted by Gasteiger charge is -2.41. The molecule has 3 nitrogen and oxygen atoms in total. The molecule has 1 fully saturated rings. The van der Waals surface area contributed by atoms with E-state index in [1.807, 2.05) is 6.92 Å². The van der Waals surface area contributed by atoms with Gasteiger partial charge in [0.05, 0.1) is 12.2 Å². The standard InChI is InChI=1S/C8H17NO2/c1-5-3-6(10)4-8(2,9)7(5)11/h5-7,10-11H,3-4,9H2,1-2H3. The van der Waals surface area contributed by atoms with Crippen LogP contribution in [-0.4, -0.2) is 28.0 Å². The summed E-state index contributed by atoms with van der Waals surface area (Å²) in [5.41, 5.74) is 5.18. The van der Waals surface area contributed by atoms with Crippen molar-refractivity contribution in [3.8, 4) is 0 Å². The molecule has 4 atom stereocenters. The Morgan fingerprint density at radius 2 is 2.00 bits per heavy atom. The van der Waals surface area contributed by atoms with Crippen LogP contribution < -0.4 is 5.73 Å². The number of aliphatic hydroxyl groups excluding tert-OH is 2. The Kier molecular flexibility index (Phi) is 2.23. The van der Waals surface area contributed by atoms with Crippen LogP contribution in [0.15, 0.2) is 0 Å². The second-order valence-electron chi connectivity index (χ2n) is 4.02. The van der Waals surface area contributed by atoms with Crippen molar-refractivity contribution in [1.29, 1.82) is 0 Å². The second kappa shape index (κ2) is 2.73. The quantitative estimate of drug-likeness (QED) is 0.460. The predicted octanol–water partition coefficient (Wildman–Crippen LogP) is -0.144. The molecule has 0 bridgehead atoms. The van der Waals surface area contributed by atoms with E-state index in [0.29, 0.717) is 12.8 Å². The van der Waals surface area contributed by atoms with Crippen LogP contribution in [0.3, 0.4) is 0 Å². The molecule has 0 aromatic heterocycles. The Bertz CT molecular complexity index is 147. The number of hydrogen-bond donors (Lipinski definition) is 3. The molecule has 1 saturated carbocycles. The lowest BCUT2D eigenvalue weighted by molar-refractivity contribution is -0.0385. The van der Waals surface area contributed by atoms with E-state index in [1.165, 1.54) is 0 Å². The summed E-state index contributed by atoms with van der Waals surface area (Å²) >= 11 is 0. The number of aliphatic hydroxyl groups is 2. The maximum atomic E-state index is 9.59. The highest BCUT2D eigenvalue weighted by molar-refractivity contribution is 4.96. The van der Waals surface area contributed by atoms with Gasteiger partial charge in [0.2, 0.25) is 0 Å². The molecule has 0 aromatic rings. The van der Waals surface area contributed by atoms with E-state index >= 15 is 0 Å². The minimum absolute atomic E-state index is 0.105. The first-order chi connectivity index (χ1) is 4.93. The largest absolute Gasteiger partial charge is 0.393 e. The molecule has 0 spiro atoms. The third kappa shape index (κ3) is 1.72. The minimum atomic E-state index is -0.614. The Balaban J connectivity index is 2.67. The summed E-state index contributed by atoms with van der Waals surface area (Å²) in [6.07, 6.45) is 0.334. The lowest BCUT2D eigenvalue weighted by Crippen LogP contribution is -2.56. The molecule has 0 aliphatic heterocycles. The highest BCUT2D eigenvalue weighted by Crippen LogP contribution is 2.30. The van der Waals surface area contributed by atoms with Crippen LogP contribution in [0.1, 0.15) is 26.7 Å². The smallest absolute Gasteiger partial charge is 0.0744 e. The van der Waals surface area contributed by atoms with E-state index in [9.17, 15) is 10.2 Å². The highest BCUT2D eigenvalue weighted by atomic mass is 16.3. The molecule has 0 saturated heterocycles. The molecular formula is C8H17NO2. The molecule has 4 unspecified atom stereocenters. The number of rotatable bonds is 0. The summed E-state index contributed by atoms with van der Waals surface area (Å²) < 4.78 is 0. The van der Waals surface area contributed by atoms with Gasteiger partial charge in [-0.2, -0.15) is 0 Å². The molecule has 1 rings (SSSR count). The highest BCUT2D eigenvalue weighted by Gasteiger charge is 2.39. The zero-order chi connectivity index (χ0) is 8.65. The third-order valence-electron chi connectivity index (χ3n) is 2.53. The second-order valence-corrected chi connectivity index (χ2v) is 4.02. The summed E-state index contributed by atoms with van der Waals surface area (Å²) in [7, 11) is 0. The Morgan fingerprint density at radius 3 is 2.45 bits per heavy atom. The third-order valence-corrected chi connectivity index (χ3v) is 2.53. The first-order valence-corrected chi connectivity index (χ1v) is 4.08. The van der Waals surface area contributed by atoms with Gasteiger partial charge in [0, 0.05) is 5.54 Å². The van der Waals surface area contributed by atoms with Crippen LogP contribution >= 0.6 is 0 Å². The first-order valence-electron chi connectivity index (χ1n) is 4.08. The SMILES string of the molecule is CC1CC(O)CC(C)(N)C1O. The van der Waals surface area contributed by atoms with Gasteiger partial charge in [0.1, 0.15) is 0 Å². The number of hydrogen-bond acceptors (Lipinski definition) is 3. The molecule has 0 radical (unpaired) electrons. The summed E-state index contributed by atoms with van der Waals surface area (Å²) in [4.78, 5) is 0. The van der Waals surface area contributed by atoms with Crippen LogP contribution in [0.4, 0.5) is 0 Å². The van der Waals surface area contributed by atoms with Gasteiger partial charge in [0.15, 0.2) is 0 Å². The van der Waals surface area contributed by atoms with Gasteiger partial charge >= 0.3 is 0 Å². The van der Waals surface area contributed by atoms with E-state index in [-0.39, 0.29) is 12.0 Å². The monoisotopic (exact) mass is 159 g/mol. The van der Waals surface area contributed by atoms with Crippen molar-refractivity contribution >= 4 is 0 Å². The summed E-state index contributed by atoms with van der Waals surface area (Å²) in [6, 6.07) is 0. The summed E-state index contributed by atoms with van der Waals surface area (Å²) in [5.74, 6) is 0.105. The zero-order valence-corrected chi connectivity index (χ0v) is 7.12. The van der Waals surface area contributed by atoms with E-state index < -0.39 is 11.6 Å². The van der Waals surface area contributed by atoms with Crippen molar-refractivity contribution in [1.82, 2.24) is 0 Å². The van der Waals surface area contributed by atoms with Crippen LogP contribution in [0.2, 0.25) is 0 Å².